The molecule has 1 aliphatic rings. The smallest absolute Gasteiger partial charge is 0.0493 e. The van der Waals surface area contributed by atoms with Crippen LogP contribution in [-0.2, 0) is 17.7 Å². The number of anilines is 2. The molecule has 6 rings (SSSR count). The normalized spacial score (nSPS) is 12.3. The number of hydrogen-bond acceptors (Lipinski definition) is 3. The zero-order valence-electron chi connectivity index (χ0n) is 24.5. The zero-order chi connectivity index (χ0) is 29.6. The molecule has 0 spiro atoms. The first-order chi connectivity index (χ1) is 20.5. The number of thioether (sulfide) groups is 1. The fourth-order valence-corrected chi connectivity index (χ4v) is 6.43. The van der Waals surface area contributed by atoms with E-state index in [1.165, 1.54) is 55.2 Å². The third kappa shape index (κ3) is 5.72. The van der Waals surface area contributed by atoms with E-state index in [1.807, 2.05) is 12.2 Å². The summed E-state index contributed by atoms with van der Waals surface area (Å²) in [6, 6.07) is 31.2. The van der Waals surface area contributed by atoms with E-state index in [0.717, 1.165) is 34.1 Å². The fourth-order valence-electron chi connectivity index (χ4n) is 5.71. The number of aryl methyl sites for hydroxylation is 1. The van der Waals surface area contributed by atoms with Crippen molar-refractivity contribution in [3.05, 3.63) is 143 Å². The van der Waals surface area contributed by atoms with Crippen molar-refractivity contribution in [2.45, 2.75) is 13.0 Å². The Bertz CT molecular complexity index is 1920. The highest BCUT2D eigenvalue weighted by Gasteiger charge is 2.23. The van der Waals surface area contributed by atoms with Crippen LogP contribution in [0.5, 0.6) is 0 Å². The highest BCUT2D eigenvalue weighted by molar-refractivity contribution is 8.03. The van der Waals surface area contributed by atoms with Gasteiger partial charge in [-0.3, -0.25) is 0 Å². The molecule has 0 N–H and O–H groups in total. The Morgan fingerprint density at radius 1 is 0.857 bits per heavy atom. The molecule has 0 bridgehead atoms. The SMILES string of the molecule is C=C/C=c1\c(=C)c2ccccc2c2cc(N3Cc4ccccc4-c4cc(CCSC(=C)C=C)ccc43)ccc12.COC. The lowest BCUT2D eigenvalue weighted by molar-refractivity contribution is 0.277. The molecule has 210 valence electrons. The Morgan fingerprint density at radius 2 is 1.60 bits per heavy atom. The van der Waals surface area contributed by atoms with E-state index < -0.39 is 0 Å². The van der Waals surface area contributed by atoms with E-state index in [2.05, 4.69) is 127 Å². The van der Waals surface area contributed by atoms with E-state index in [-0.39, 0.29) is 0 Å². The summed E-state index contributed by atoms with van der Waals surface area (Å²) in [4.78, 5) is 3.48. The highest BCUT2D eigenvalue weighted by atomic mass is 32.2. The molecule has 2 nitrogen and oxygen atoms in total. The van der Waals surface area contributed by atoms with Gasteiger partial charge in [-0.15, -0.1) is 11.8 Å². The summed E-state index contributed by atoms with van der Waals surface area (Å²) < 4.78 is 4.25. The first kappa shape index (κ1) is 29.2. The molecular weight excluding hydrogens is 531 g/mol. The second-order valence-electron chi connectivity index (χ2n) is 10.3. The molecule has 0 aromatic heterocycles. The highest BCUT2D eigenvalue weighted by Crippen LogP contribution is 2.44. The second kappa shape index (κ2) is 13.1. The van der Waals surface area contributed by atoms with Crippen molar-refractivity contribution in [1.82, 2.24) is 0 Å². The number of benzene rings is 5. The lowest BCUT2D eigenvalue weighted by atomic mass is 9.91. The standard InChI is InChI=1S/C37H31NS.C2H6O/c1-5-11-30-26(4)31-13-9-10-15-33(31)35-23-29(17-18-34(30)35)38-24-28-12-7-8-14-32(28)36-22-27(16-19-37(36)38)20-21-39-25(3)6-2;1-3-2/h5-19,22-23H,1-4,20-21,24H2;1-2H3/b30-11+;. The largest absolute Gasteiger partial charge is 0.388 e. The Labute approximate surface area is 253 Å². The number of ether oxygens (including phenoxy) is 1. The Kier molecular flexibility index (Phi) is 9.12. The van der Waals surface area contributed by atoms with Gasteiger partial charge in [-0.2, -0.15) is 0 Å². The van der Waals surface area contributed by atoms with Crippen LogP contribution in [0.4, 0.5) is 11.4 Å². The molecule has 5 aromatic carbocycles. The number of fused-ring (bicyclic) bond motifs is 6. The predicted molar refractivity (Wildman–Crippen MR) is 187 cm³/mol. The fraction of sp³-hybridized carbons (Fsp3) is 0.128. The number of rotatable bonds is 7. The second-order valence-corrected chi connectivity index (χ2v) is 11.6. The van der Waals surface area contributed by atoms with E-state index in [0.29, 0.717) is 0 Å². The van der Waals surface area contributed by atoms with Gasteiger partial charge in [0.15, 0.2) is 0 Å². The van der Waals surface area contributed by atoms with Gasteiger partial charge in [-0.1, -0.05) is 105 Å². The molecule has 0 unspecified atom stereocenters. The maximum absolute atomic E-state index is 4.43. The molecule has 0 aliphatic carbocycles. The van der Waals surface area contributed by atoms with Crippen molar-refractivity contribution in [1.29, 1.82) is 0 Å². The van der Waals surface area contributed by atoms with Gasteiger partial charge in [-0.25, -0.2) is 0 Å². The molecule has 42 heavy (non-hydrogen) atoms. The van der Waals surface area contributed by atoms with Gasteiger partial charge >= 0.3 is 0 Å². The first-order valence-corrected chi connectivity index (χ1v) is 15.1. The lowest BCUT2D eigenvalue weighted by Crippen LogP contribution is -2.25. The van der Waals surface area contributed by atoms with Crippen LogP contribution in [0.1, 0.15) is 11.1 Å². The molecule has 1 heterocycles. The average Bonchev–Trinajstić information content (AvgIpc) is 3.02. The van der Waals surface area contributed by atoms with Gasteiger partial charge in [-0.05, 0) is 84.3 Å². The van der Waals surface area contributed by atoms with Gasteiger partial charge < -0.3 is 9.64 Å². The van der Waals surface area contributed by atoms with Crippen LogP contribution in [0.3, 0.4) is 0 Å². The minimum Gasteiger partial charge on any atom is -0.388 e. The first-order valence-electron chi connectivity index (χ1n) is 14.1. The quantitative estimate of drug-likeness (QED) is 0.144. The average molecular weight is 568 g/mol. The minimum absolute atomic E-state index is 0.833. The van der Waals surface area contributed by atoms with Crippen LogP contribution in [0, 0.1) is 0 Å². The number of methoxy groups -OCH3 is 1. The van der Waals surface area contributed by atoms with Gasteiger partial charge in [0.25, 0.3) is 0 Å². The lowest BCUT2D eigenvalue weighted by Gasteiger charge is -2.33. The van der Waals surface area contributed by atoms with Gasteiger partial charge in [0.2, 0.25) is 0 Å². The third-order valence-corrected chi connectivity index (χ3v) is 8.60. The van der Waals surface area contributed by atoms with Crippen LogP contribution in [0.25, 0.3) is 45.3 Å². The molecule has 0 amide bonds. The summed E-state index contributed by atoms with van der Waals surface area (Å²) in [7, 11) is 3.25. The van der Waals surface area contributed by atoms with E-state index in [1.54, 1.807) is 26.0 Å². The molecule has 0 radical (unpaired) electrons. The molecule has 0 fully saturated rings. The minimum atomic E-state index is 0.833. The Hall–Kier alpha value is -4.31. The summed E-state index contributed by atoms with van der Waals surface area (Å²) in [5, 5.41) is 7.03. The van der Waals surface area contributed by atoms with Crippen molar-refractivity contribution < 1.29 is 4.74 Å². The summed E-state index contributed by atoms with van der Waals surface area (Å²) >= 11 is 1.76. The molecule has 3 heteroatoms. The Morgan fingerprint density at radius 3 is 2.36 bits per heavy atom. The molecule has 0 atom stereocenters. The van der Waals surface area contributed by atoms with Crippen molar-refractivity contribution in [2.24, 2.45) is 0 Å². The summed E-state index contributed by atoms with van der Waals surface area (Å²) in [6.45, 7) is 17.1. The number of hydrogen-bond donors (Lipinski definition) is 0. The molecule has 1 aliphatic heterocycles. The summed E-state index contributed by atoms with van der Waals surface area (Å²) in [5.74, 6) is 0.991. The molecule has 5 aromatic rings. The van der Waals surface area contributed by atoms with E-state index >= 15 is 0 Å². The van der Waals surface area contributed by atoms with Gasteiger partial charge in [0.1, 0.15) is 0 Å². The summed E-state index contributed by atoms with van der Waals surface area (Å²) in [5.41, 5.74) is 7.73. The van der Waals surface area contributed by atoms with Crippen molar-refractivity contribution in [2.75, 3.05) is 24.9 Å². The van der Waals surface area contributed by atoms with Crippen molar-refractivity contribution in [3.8, 4) is 11.1 Å². The van der Waals surface area contributed by atoms with Gasteiger partial charge in [0.05, 0.1) is 0 Å². The van der Waals surface area contributed by atoms with Crippen LogP contribution < -0.4 is 15.3 Å². The zero-order valence-corrected chi connectivity index (χ0v) is 25.3. The van der Waals surface area contributed by atoms with Gasteiger partial charge in [0, 0.05) is 43.5 Å². The topological polar surface area (TPSA) is 12.5 Å². The van der Waals surface area contributed by atoms with Crippen LogP contribution in [0.2, 0.25) is 0 Å². The van der Waals surface area contributed by atoms with Crippen LogP contribution in [0.15, 0.2) is 122 Å². The predicted octanol–water partition coefficient (Wildman–Crippen LogP) is 8.93. The summed E-state index contributed by atoms with van der Waals surface area (Å²) in [6.07, 6.45) is 6.75. The maximum Gasteiger partial charge on any atom is 0.0493 e. The van der Waals surface area contributed by atoms with E-state index in [9.17, 15) is 0 Å². The molecular formula is C39H37NOS. The monoisotopic (exact) mass is 567 g/mol. The van der Waals surface area contributed by atoms with Crippen molar-refractivity contribution in [3.63, 3.8) is 0 Å². The number of nitrogens with zero attached hydrogens (tertiary/aromatic N) is 1. The maximum atomic E-state index is 4.43. The molecule has 0 saturated carbocycles. The van der Waals surface area contributed by atoms with E-state index in [4.69, 9.17) is 0 Å². The number of allylic oxidation sites excluding steroid dienone is 2. The molecule has 0 saturated heterocycles. The van der Waals surface area contributed by atoms with Crippen LogP contribution >= 0.6 is 11.8 Å². The third-order valence-electron chi connectivity index (χ3n) is 7.65. The van der Waals surface area contributed by atoms with Crippen molar-refractivity contribution >= 4 is 57.3 Å². The Balaban J connectivity index is 0.00000113. The van der Waals surface area contributed by atoms with Crippen LogP contribution in [-0.4, -0.2) is 20.0 Å².